The zero-order valence-electron chi connectivity index (χ0n) is 24.2. The maximum atomic E-state index is 13.8. The lowest BCUT2D eigenvalue weighted by atomic mass is 9.83. The summed E-state index contributed by atoms with van der Waals surface area (Å²) in [7, 11) is 0. The Kier molecular flexibility index (Phi) is 8.32. The number of benzene rings is 2. The third kappa shape index (κ3) is 7.04. The van der Waals surface area contributed by atoms with Crippen molar-refractivity contribution in [2.75, 3.05) is 25.0 Å². The van der Waals surface area contributed by atoms with Gasteiger partial charge >= 0.3 is 6.18 Å². The number of nitrogens with one attached hydrogen (secondary N) is 1. The number of alkyl halides is 3. The predicted octanol–water partition coefficient (Wildman–Crippen LogP) is 7.93. The van der Waals surface area contributed by atoms with Gasteiger partial charge in [0.1, 0.15) is 11.6 Å². The SMILES string of the molecule is Cc1ccccc1CCNc1nc(CN2CCC(C)CC(C)(C)C2)nc2cc(-c3ncccc3C(F)(F)F)ccc12. The zero-order valence-corrected chi connectivity index (χ0v) is 24.2. The van der Waals surface area contributed by atoms with Crippen molar-refractivity contribution in [3.8, 4) is 11.3 Å². The largest absolute Gasteiger partial charge is 0.418 e. The van der Waals surface area contributed by atoms with Gasteiger partial charge in [0.05, 0.1) is 23.3 Å². The fraction of sp³-hybridized carbons (Fsp3) is 0.424. The number of nitrogens with zero attached hydrogens (tertiary/aromatic N) is 4. The van der Waals surface area contributed by atoms with Gasteiger partial charge in [0.2, 0.25) is 0 Å². The molecule has 5 nitrogen and oxygen atoms in total. The molecule has 5 rings (SSSR count). The van der Waals surface area contributed by atoms with Crippen LogP contribution in [0.15, 0.2) is 60.8 Å². The number of aromatic nitrogens is 3. The van der Waals surface area contributed by atoms with Gasteiger partial charge in [0, 0.05) is 30.2 Å². The summed E-state index contributed by atoms with van der Waals surface area (Å²) in [5.41, 5.74) is 2.81. The van der Waals surface area contributed by atoms with Crippen molar-refractivity contribution < 1.29 is 13.2 Å². The molecule has 4 aromatic rings. The Bertz CT molecular complexity index is 1510. The summed E-state index contributed by atoms with van der Waals surface area (Å²) in [5.74, 6) is 2.01. The number of rotatable bonds is 7. The molecular weight excluding hydrogens is 523 g/mol. The lowest BCUT2D eigenvalue weighted by Gasteiger charge is -2.29. The first-order chi connectivity index (χ1) is 19.5. The third-order valence-corrected chi connectivity index (χ3v) is 7.93. The van der Waals surface area contributed by atoms with Gasteiger partial charge in [-0.05, 0) is 79.5 Å². The summed E-state index contributed by atoms with van der Waals surface area (Å²) in [6.45, 7) is 12.2. The number of fused-ring (bicyclic) bond motifs is 1. The second-order valence-electron chi connectivity index (χ2n) is 12.2. The number of anilines is 1. The normalized spacial score (nSPS) is 17.9. The van der Waals surface area contributed by atoms with Crippen molar-refractivity contribution in [2.45, 2.75) is 59.7 Å². The van der Waals surface area contributed by atoms with E-state index < -0.39 is 11.7 Å². The van der Waals surface area contributed by atoms with E-state index in [-0.39, 0.29) is 11.1 Å². The Labute approximate surface area is 240 Å². The van der Waals surface area contributed by atoms with Crippen LogP contribution in [0.4, 0.5) is 19.0 Å². The van der Waals surface area contributed by atoms with Crippen LogP contribution in [0.1, 0.15) is 56.1 Å². The molecule has 216 valence electrons. The Balaban J connectivity index is 1.51. The van der Waals surface area contributed by atoms with Crippen molar-refractivity contribution >= 4 is 16.7 Å². The average molecular weight is 562 g/mol. The van der Waals surface area contributed by atoms with Gasteiger partial charge in [-0.25, -0.2) is 9.97 Å². The highest BCUT2D eigenvalue weighted by atomic mass is 19.4. The summed E-state index contributed by atoms with van der Waals surface area (Å²) in [5, 5.41) is 4.28. The number of hydrogen-bond acceptors (Lipinski definition) is 5. The van der Waals surface area contributed by atoms with Crippen LogP contribution in [0.2, 0.25) is 0 Å². The summed E-state index contributed by atoms with van der Waals surface area (Å²) in [6, 6.07) is 15.9. The first-order valence-corrected chi connectivity index (χ1v) is 14.3. The molecule has 1 saturated heterocycles. The van der Waals surface area contributed by atoms with E-state index in [1.54, 1.807) is 18.2 Å². The van der Waals surface area contributed by atoms with Crippen molar-refractivity contribution in [3.05, 3.63) is 83.3 Å². The minimum absolute atomic E-state index is 0.0978. The van der Waals surface area contributed by atoms with Crippen LogP contribution < -0.4 is 5.32 Å². The Morgan fingerprint density at radius 2 is 1.85 bits per heavy atom. The molecule has 1 unspecified atom stereocenters. The zero-order chi connectivity index (χ0) is 29.2. The average Bonchev–Trinajstić information content (AvgIpc) is 3.04. The fourth-order valence-electron chi connectivity index (χ4n) is 6.13. The fourth-order valence-corrected chi connectivity index (χ4v) is 6.13. The maximum Gasteiger partial charge on any atom is 0.418 e. The predicted molar refractivity (Wildman–Crippen MR) is 159 cm³/mol. The lowest BCUT2D eigenvalue weighted by molar-refractivity contribution is -0.137. The highest BCUT2D eigenvalue weighted by Gasteiger charge is 2.34. The van der Waals surface area contributed by atoms with Crippen molar-refractivity contribution in [3.63, 3.8) is 0 Å². The van der Waals surface area contributed by atoms with Gasteiger partial charge in [-0.3, -0.25) is 9.88 Å². The molecule has 41 heavy (non-hydrogen) atoms. The van der Waals surface area contributed by atoms with Crippen LogP contribution in [0.5, 0.6) is 0 Å². The first-order valence-electron chi connectivity index (χ1n) is 14.3. The molecule has 0 saturated carbocycles. The Hall–Kier alpha value is -3.52. The summed E-state index contributed by atoms with van der Waals surface area (Å²) in [6.07, 6.45) is -0.00674. The van der Waals surface area contributed by atoms with Gasteiger partial charge in [-0.2, -0.15) is 13.2 Å². The molecule has 1 atom stereocenters. The Morgan fingerprint density at radius 3 is 2.63 bits per heavy atom. The topological polar surface area (TPSA) is 53.9 Å². The van der Waals surface area contributed by atoms with E-state index in [0.717, 1.165) is 37.4 Å². The Morgan fingerprint density at radius 1 is 1.05 bits per heavy atom. The second kappa shape index (κ2) is 11.8. The van der Waals surface area contributed by atoms with E-state index in [9.17, 15) is 13.2 Å². The molecular formula is C33H38F3N5. The summed E-state index contributed by atoms with van der Waals surface area (Å²) in [4.78, 5) is 16.3. The molecule has 2 aromatic heterocycles. The summed E-state index contributed by atoms with van der Waals surface area (Å²) < 4.78 is 41.4. The minimum atomic E-state index is -4.51. The molecule has 0 amide bonds. The molecule has 1 aliphatic heterocycles. The van der Waals surface area contributed by atoms with Crippen LogP contribution in [0, 0.1) is 18.3 Å². The minimum Gasteiger partial charge on any atom is -0.369 e. The lowest BCUT2D eigenvalue weighted by Crippen LogP contribution is -2.33. The van der Waals surface area contributed by atoms with Gasteiger partial charge in [0.25, 0.3) is 0 Å². The van der Waals surface area contributed by atoms with E-state index in [1.807, 2.05) is 12.1 Å². The number of pyridine rings is 1. The van der Waals surface area contributed by atoms with Crippen molar-refractivity contribution in [1.29, 1.82) is 0 Å². The van der Waals surface area contributed by atoms with Crippen molar-refractivity contribution in [1.82, 2.24) is 19.9 Å². The molecule has 1 N–H and O–H groups in total. The standard InChI is InChI=1S/C33H38F3N5/c1-22-14-17-41(21-32(3,4)19-22)20-29-39-28-18-25(30-27(33(34,35)36)10-7-15-37-30)11-12-26(28)31(40-29)38-16-13-24-9-6-5-8-23(24)2/h5-12,15,18,22H,13-14,16-17,19-21H2,1-4H3,(H,38,39,40). The third-order valence-electron chi connectivity index (χ3n) is 7.93. The smallest absolute Gasteiger partial charge is 0.369 e. The summed E-state index contributed by atoms with van der Waals surface area (Å²) >= 11 is 0. The highest BCUT2D eigenvalue weighted by Crippen LogP contribution is 2.37. The number of likely N-dealkylation sites (tertiary alicyclic amines) is 1. The van der Waals surface area contributed by atoms with Crippen LogP contribution in [0.3, 0.4) is 0 Å². The van der Waals surface area contributed by atoms with Crippen LogP contribution in [-0.4, -0.2) is 39.5 Å². The van der Waals surface area contributed by atoms with Gasteiger partial charge < -0.3 is 5.32 Å². The van der Waals surface area contributed by atoms with Gasteiger partial charge in [-0.1, -0.05) is 51.1 Å². The maximum absolute atomic E-state index is 13.8. The molecule has 8 heteroatoms. The van der Waals surface area contributed by atoms with E-state index in [4.69, 9.17) is 9.97 Å². The van der Waals surface area contributed by atoms with Crippen LogP contribution >= 0.6 is 0 Å². The molecule has 2 aromatic carbocycles. The van der Waals surface area contributed by atoms with E-state index in [2.05, 4.69) is 55.0 Å². The molecule has 1 fully saturated rings. The molecule has 0 aliphatic carbocycles. The number of aryl methyl sites for hydroxylation is 1. The molecule has 0 radical (unpaired) electrons. The van der Waals surface area contributed by atoms with E-state index in [1.165, 1.54) is 29.8 Å². The highest BCUT2D eigenvalue weighted by molar-refractivity contribution is 5.92. The molecule has 3 heterocycles. The first kappa shape index (κ1) is 29.0. The van der Waals surface area contributed by atoms with Crippen LogP contribution in [0.25, 0.3) is 22.2 Å². The van der Waals surface area contributed by atoms with Crippen LogP contribution in [-0.2, 0) is 19.1 Å². The number of hydrogen-bond donors (Lipinski definition) is 1. The van der Waals surface area contributed by atoms with Gasteiger partial charge in [0.15, 0.2) is 0 Å². The van der Waals surface area contributed by atoms with E-state index in [0.29, 0.717) is 41.7 Å². The molecule has 0 spiro atoms. The quantitative estimate of drug-likeness (QED) is 0.248. The molecule has 0 bridgehead atoms. The monoisotopic (exact) mass is 561 g/mol. The molecule has 1 aliphatic rings. The van der Waals surface area contributed by atoms with Crippen molar-refractivity contribution in [2.24, 2.45) is 11.3 Å². The van der Waals surface area contributed by atoms with E-state index >= 15 is 0 Å². The second-order valence-corrected chi connectivity index (χ2v) is 12.2. The van der Waals surface area contributed by atoms with Gasteiger partial charge in [-0.15, -0.1) is 0 Å². The number of halogens is 3.